The molecular weight excluding hydrogens is 248 g/mol. The van der Waals surface area contributed by atoms with Crippen LogP contribution in [0, 0.1) is 11.8 Å². The lowest BCUT2D eigenvalue weighted by molar-refractivity contribution is -0.156. The fourth-order valence-corrected chi connectivity index (χ4v) is 3.24. The van der Waals surface area contributed by atoms with Crippen molar-refractivity contribution in [3.05, 3.63) is 0 Å². The molecule has 1 aliphatic carbocycles. The Morgan fingerprint density at radius 1 is 1.20 bits per heavy atom. The van der Waals surface area contributed by atoms with Crippen LogP contribution in [0.15, 0.2) is 0 Å². The molecule has 0 aromatic carbocycles. The Kier molecular flexibility index (Phi) is 7.61. The van der Waals surface area contributed by atoms with E-state index in [0.717, 1.165) is 12.3 Å². The van der Waals surface area contributed by atoms with Gasteiger partial charge in [0.2, 0.25) is 0 Å². The fourth-order valence-electron chi connectivity index (χ4n) is 3.24. The first kappa shape index (κ1) is 17.5. The summed E-state index contributed by atoms with van der Waals surface area (Å²) >= 11 is 0. The Labute approximate surface area is 125 Å². The zero-order chi connectivity index (χ0) is 15.0. The molecular formula is C18H34O2. The average Bonchev–Trinajstić information content (AvgIpc) is 2.36. The van der Waals surface area contributed by atoms with E-state index in [0.29, 0.717) is 12.3 Å². The molecule has 0 aromatic rings. The summed E-state index contributed by atoms with van der Waals surface area (Å²) in [5.41, 5.74) is -0.350. The number of esters is 1. The maximum Gasteiger partial charge on any atom is 0.306 e. The number of carbonyl (C=O) groups is 1. The minimum absolute atomic E-state index is 0.0259. The molecule has 1 saturated carbocycles. The SMILES string of the molecule is CC[C@H](CCCC1CCCCC1)CC(=O)OC(C)(C)C. The van der Waals surface area contributed by atoms with Crippen molar-refractivity contribution in [1.29, 1.82) is 0 Å². The molecule has 0 unspecified atom stereocenters. The van der Waals surface area contributed by atoms with Crippen LogP contribution in [0.4, 0.5) is 0 Å². The maximum atomic E-state index is 11.9. The van der Waals surface area contributed by atoms with Crippen LogP contribution in [0.25, 0.3) is 0 Å². The third-order valence-corrected chi connectivity index (χ3v) is 4.40. The first-order valence-electron chi connectivity index (χ1n) is 8.62. The maximum absolute atomic E-state index is 11.9. The van der Waals surface area contributed by atoms with Crippen LogP contribution in [-0.4, -0.2) is 11.6 Å². The number of ether oxygens (including phenoxy) is 1. The summed E-state index contributed by atoms with van der Waals surface area (Å²) in [4.78, 5) is 11.9. The van der Waals surface area contributed by atoms with Gasteiger partial charge in [-0.3, -0.25) is 4.79 Å². The Bertz CT molecular complexity index is 272. The highest BCUT2D eigenvalue weighted by atomic mass is 16.6. The van der Waals surface area contributed by atoms with E-state index in [1.54, 1.807) is 0 Å². The van der Waals surface area contributed by atoms with E-state index in [1.807, 2.05) is 20.8 Å². The normalized spacial score (nSPS) is 18.8. The Morgan fingerprint density at radius 3 is 2.40 bits per heavy atom. The summed E-state index contributed by atoms with van der Waals surface area (Å²) in [7, 11) is 0. The lowest BCUT2D eigenvalue weighted by Gasteiger charge is -2.23. The topological polar surface area (TPSA) is 26.3 Å². The summed E-state index contributed by atoms with van der Waals surface area (Å²) in [5, 5.41) is 0. The average molecular weight is 282 g/mol. The smallest absolute Gasteiger partial charge is 0.306 e. The van der Waals surface area contributed by atoms with Crippen LogP contribution in [-0.2, 0) is 9.53 Å². The molecule has 0 spiro atoms. The van der Waals surface area contributed by atoms with Crippen molar-refractivity contribution < 1.29 is 9.53 Å². The van der Waals surface area contributed by atoms with E-state index in [4.69, 9.17) is 4.74 Å². The fraction of sp³-hybridized carbons (Fsp3) is 0.944. The quantitative estimate of drug-likeness (QED) is 0.577. The minimum Gasteiger partial charge on any atom is -0.460 e. The van der Waals surface area contributed by atoms with E-state index in [2.05, 4.69) is 6.92 Å². The van der Waals surface area contributed by atoms with Crippen molar-refractivity contribution in [2.75, 3.05) is 0 Å². The molecule has 1 fully saturated rings. The molecule has 0 aromatic heterocycles. The van der Waals surface area contributed by atoms with Crippen LogP contribution < -0.4 is 0 Å². The second-order valence-electron chi connectivity index (χ2n) is 7.50. The van der Waals surface area contributed by atoms with Crippen LogP contribution >= 0.6 is 0 Å². The minimum atomic E-state index is -0.350. The van der Waals surface area contributed by atoms with Gasteiger partial charge in [0.25, 0.3) is 0 Å². The molecule has 0 aliphatic heterocycles. The van der Waals surface area contributed by atoms with Gasteiger partial charge in [-0.1, -0.05) is 58.3 Å². The van der Waals surface area contributed by atoms with Gasteiger partial charge in [-0.2, -0.15) is 0 Å². The molecule has 2 heteroatoms. The highest BCUT2D eigenvalue weighted by molar-refractivity contribution is 5.70. The second kappa shape index (κ2) is 8.69. The molecule has 0 heterocycles. The van der Waals surface area contributed by atoms with Gasteiger partial charge in [0, 0.05) is 6.42 Å². The van der Waals surface area contributed by atoms with Gasteiger partial charge in [0.05, 0.1) is 0 Å². The Balaban J connectivity index is 2.19. The largest absolute Gasteiger partial charge is 0.460 e. The third kappa shape index (κ3) is 7.91. The summed E-state index contributed by atoms with van der Waals surface area (Å²) in [6.07, 6.45) is 12.7. The van der Waals surface area contributed by atoms with E-state index in [-0.39, 0.29) is 11.6 Å². The van der Waals surface area contributed by atoms with Gasteiger partial charge in [-0.15, -0.1) is 0 Å². The second-order valence-corrected chi connectivity index (χ2v) is 7.50. The van der Waals surface area contributed by atoms with Crippen molar-refractivity contribution in [3.8, 4) is 0 Å². The number of carbonyl (C=O) groups excluding carboxylic acids is 1. The number of hydrogen-bond acceptors (Lipinski definition) is 2. The number of rotatable bonds is 7. The Hall–Kier alpha value is -0.530. The van der Waals surface area contributed by atoms with Gasteiger partial charge in [-0.25, -0.2) is 0 Å². The lowest BCUT2D eigenvalue weighted by atomic mass is 9.84. The van der Waals surface area contributed by atoms with Crippen LogP contribution in [0.5, 0.6) is 0 Å². The molecule has 1 atom stereocenters. The van der Waals surface area contributed by atoms with E-state index in [1.165, 1.54) is 51.4 Å². The molecule has 0 N–H and O–H groups in total. The molecule has 1 rings (SSSR count). The van der Waals surface area contributed by atoms with Gasteiger partial charge < -0.3 is 4.74 Å². The van der Waals surface area contributed by atoms with Gasteiger partial charge in [0.1, 0.15) is 5.60 Å². The molecule has 0 amide bonds. The standard InChI is InChI=1S/C18H34O2/c1-5-15(14-17(19)20-18(2,3)4)12-9-13-16-10-7-6-8-11-16/h15-16H,5-14H2,1-4H3/t15-/m1/s1. The first-order valence-corrected chi connectivity index (χ1v) is 8.62. The van der Waals surface area contributed by atoms with Crippen molar-refractivity contribution in [1.82, 2.24) is 0 Å². The summed E-state index contributed by atoms with van der Waals surface area (Å²) < 4.78 is 5.43. The predicted octanol–water partition coefficient (Wildman–Crippen LogP) is 5.50. The monoisotopic (exact) mass is 282 g/mol. The summed E-state index contributed by atoms with van der Waals surface area (Å²) in [6, 6.07) is 0. The molecule has 0 radical (unpaired) electrons. The van der Waals surface area contributed by atoms with Crippen LogP contribution in [0.3, 0.4) is 0 Å². The predicted molar refractivity (Wildman–Crippen MR) is 84.7 cm³/mol. The van der Waals surface area contributed by atoms with E-state index < -0.39 is 0 Å². The van der Waals surface area contributed by atoms with Crippen molar-refractivity contribution >= 4 is 5.97 Å². The first-order chi connectivity index (χ1) is 9.40. The molecule has 0 bridgehead atoms. The van der Waals surface area contributed by atoms with Crippen molar-refractivity contribution in [2.45, 2.75) is 97.5 Å². The Morgan fingerprint density at radius 2 is 1.85 bits per heavy atom. The zero-order valence-corrected chi connectivity index (χ0v) is 14.0. The van der Waals surface area contributed by atoms with Crippen LogP contribution in [0.1, 0.15) is 91.9 Å². The summed E-state index contributed by atoms with van der Waals surface area (Å²) in [6.45, 7) is 8.01. The van der Waals surface area contributed by atoms with Gasteiger partial charge in [0.15, 0.2) is 0 Å². The van der Waals surface area contributed by atoms with E-state index in [9.17, 15) is 4.79 Å². The molecule has 20 heavy (non-hydrogen) atoms. The molecule has 2 nitrogen and oxygen atoms in total. The van der Waals surface area contributed by atoms with Crippen molar-refractivity contribution in [2.24, 2.45) is 11.8 Å². The molecule has 1 aliphatic rings. The van der Waals surface area contributed by atoms with Gasteiger partial charge in [-0.05, 0) is 39.0 Å². The molecule has 118 valence electrons. The van der Waals surface area contributed by atoms with Crippen LogP contribution in [0.2, 0.25) is 0 Å². The van der Waals surface area contributed by atoms with Gasteiger partial charge >= 0.3 is 5.97 Å². The number of hydrogen-bond donors (Lipinski definition) is 0. The highest BCUT2D eigenvalue weighted by Gasteiger charge is 2.20. The highest BCUT2D eigenvalue weighted by Crippen LogP contribution is 2.29. The third-order valence-electron chi connectivity index (χ3n) is 4.40. The lowest BCUT2D eigenvalue weighted by Crippen LogP contribution is -2.25. The van der Waals surface area contributed by atoms with Crippen molar-refractivity contribution in [3.63, 3.8) is 0 Å². The van der Waals surface area contributed by atoms with E-state index >= 15 is 0 Å². The molecule has 0 saturated heterocycles. The zero-order valence-electron chi connectivity index (χ0n) is 14.0. The summed E-state index contributed by atoms with van der Waals surface area (Å²) in [5.74, 6) is 1.44.